The van der Waals surface area contributed by atoms with Gasteiger partial charge in [-0.05, 0) is 108 Å². The van der Waals surface area contributed by atoms with Crippen molar-refractivity contribution in [1.29, 1.82) is 0 Å². The highest BCUT2D eigenvalue weighted by molar-refractivity contribution is 7.27. The Hall–Kier alpha value is -4.04. The number of allylic oxidation sites excluding steroid dienone is 3. The van der Waals surface area contributed by atoms with Gasteiger partial charge in [0, 0.05) is 30.4 Å². The molecule has 2 aromatic carbocycles. The molecular formula is C43H50N3O6P. The molecule has 0 bridgehead atoms. The zero-order valence-corrected chi connectivity index (χ0v) is 32.1. The smallest absolute Gasteiger partial charge is 0.249 e. The summed E-state index contributed by atoms with van der Waals surface area (Å²) in [5.74, 6) is -0.707. The van der Waals surface area contributed by atoms with Crippen molar-refractivity contribution in [2.24, 2.45) is 17.8 Å². The van der Waals surface area contributed by atoms with Crippen LogP contribution in [-0.4, -0.2) is 55.4 Å². The first-order valence-corrected chi connectivity index (χ1v) is 19.7. The number of carbonyl (C=O) groups is 4. The summed E-state index contributed by atoms with van der Waals surface area (Å²) in [5, 5.41) is 8.38. The van der Waals surface area contributed by atoms with Crippen molar-refractivity contribution in [1.82, 2.24) is 15.6 Å². The fourth-order valence-electron chi connectivity index (χ4n) is 8.51. The third-order valence-electron chi connectivity index (χ3n) is 11.6. The molecule has 0 aliphatic heterocycles. The average molecular weight is 736 g/mol. The number of carbonyl (C=O) groups excluding carboxylic acids is 4. The fraction of sp³-hybridized carbons (Fsp3) is 0.465. The predicted molar refractivity (Wildman–Crippen MR) is 209 cm³/mol. The summed E-state index contributed by atoms with van der Waals surface area (Å²) in [6.07, 6.45) is 9.46. The van der Waals surface area contributed by atoms with Gasteiger partial charge in [-0.25, -0.2) is 4.98 Å². The summed E-state index contributed by atoms with van der Waals surface area (Å²) in [7, 11) is 4.41. The van der Waals surface area contributed by atoms with Crippen LogP contribution in [0.2, 0.25) is 0 Å². The average Bonchev–Trinajstić information content (AvgIpc) is 3.91. The molecule has 2 N–H and O–H groups in total. The molecule has 1 aromatic heterocycles. The monoisotopic (exact) mass is 735 g/mol. The van der Waals surface area contributed by atoms with Gasteiger partial charge < -0.3 is 24.9 Å². The van der Waals surface area contributed by atoms with E-state index in [4.69, 9.17) is 14.5 Å². The van der Waals surface area contributed by atoms with E-state index in [-0.39, 0.29) is 37.0 Å². The summed E-state index contributed by atoms with van der Waals surface area (Å²) in [4.78, 5) is 58.4. The number of pyridine rings is 1. The Kier molecular flexibility index (Phi) is 11.4. The SMILES string of the molecule is CCC(C=O)C1=C(COC)C(=O)C2Cc3c(nc4cc(P)c(C)c5c4c3C(NC(=O)C(CC3CC3)OCNC(=O)CCCc3ccccc3)CC5)C2=C1. The highest BCUT2D eigenvalue weighted by Gasteiger charge is 2.43. The van der Waals surface area contributed by atoms with Crippen molar-refractivity contribution in [2.75, 3.05) is 20.4 Å². The number of nitrogens with one attached hydrogen (secondary N) is 2. The lowest BCUT2D eigenvalue weighted by atomic mass is 9.79. The highest BCUT2D eigenvalue weighted by atomic mass is 31.0. The van der Waals surface area contributed by atoms with E-state index in [9.17, 15) is 19.2 Å². The molecule has 1 saturated carbocycles. The van der Waals surface area contributed by atoms with Crippen molar-refractivity contribution in [3.05, 3.63) is 87.1 Å². The van der Waals surface area contributed by atoms with Crippen LogP contribution < -0.4 is 15.9 Å². The molecule has 10 heteroatoms. The zero-order chi connectivity index (χ0) is 37.2. The molecule has 0 saturated heterocycles. The van der Waals surface area contributed by atoms with E-state index < -0.39 is 17.9 Å². The largest absolute Gasteiger partial charge is 0.380 e. The first-order chi connectivity index (χ1) is 25.7. The molecule has 7 rings (SSSR count). The van der Waals surface area contributed by atoms with Crippen LogP contribution in [-0.2, 0) is 47.9 Å². The number of hydrogen-bond acceptors (Lipinski definition) is 7. The van der Waals surface area contributed by atoms with Crippen molar-refractivity contribution in [3.63, 3.8) is 0 Å². The topological polar surface area (TPSA) is 124 Å². The Bertz CT molecular complexity index is 2000. The van der Waals surface area contributed by atoms with E-state index in [1.54, 1.807) is 7.11 Å². The van der Waals surface area contributed by atoms with E-state index in [1.807, 2.05) is 31.2 Å². The van der Waals surface area contributed by atoms with Crippen LogP contribution in [0.5, 0.6) is 0 Å². The van der Waals surface area contributed by atoms with Crippen LogP contribution in [0.25, 0.3) is 16.5 Å². The molecule has 5 atom stereocenters. The molecule has 1 fully saturated rings. The number of methoxy groups -OCH3 is 1. The number of ether oxygens (including phenoxy) is 2. The van der Waals surface area contributed by atoms with E-state index >= 15 is 0 Å². The molecule has 9 nitrogen and oxygen atoms in total. The molecule has 3 aromatic rings. The summed E-state index contributed by atoms with van der Waals surface area (Å²) < 4.78 is 11.6. The summed E-state index contributed by atoms with van der Waals surface area (Å²) in [5.41, 5.74) is 9.38. The third kappa shape index (κ3) is 7.67. The van der Waals surface area contributed by atoms with Crippen molar-refractivity contribution in [2.45, 2.75) is 90.2 Å². The Labute approximate surface area is 314 Å². The Morgan fingerprint density at radius 2 is 1.92 bits per heavy atom. The lowest BCUT2D eigenvalue weighted by molar-refractivity contribution is -0.137. The minimum atomic E-state index is -0.695. The van der Waals surface area contributed by atoms with Gasteiger partial charge in [-0.15, -0.1) is 9.24 Å². The molecular weight excluding hydrogens is 685 g/mol. The van der Waals surface area contributed by atoms with Gasteiger partial charge in [-0.2, -0.15) is 0 Å². The van der Waals surface area contributed by atoms with E-state index in [2.05, 4.69) is 45.0 Å². The van der Waals surface area contributed by atoms with Gasteiger partial charge in [0.05, 0.1) is 29.8 Å². The maximum Gasteiger partial charge on any atom is 0.249 e. The predicted octanol–water partition coefficient (Wildman–Crippen LogP) is 5.74. The first kappa shape index (κ1) is 37.3. The number of benzene rings is 2. The molecule has 5 unspecified atom stereocenters. The lowest BCUT2D eigenvalue weighted by Crippen LogP contribution is -2.42. The number of hydrogen-bond donors (Lipinski definition) is 2. The zero-order valence-electron chi connectivity index (χ0n) is 31.0. The van der Waals surface area contributed by atoms with Gasteiger partial charge in [-0.1, -0.05) is 56.2 Å². The van der Waals surface area contributed by atoms with Crippen molar-refractivity contribution in [3.8, 4) is 0 Å². The number of Topliss-reactive ketones (excluding diaryl/α,β-unsaturated/α-hetero) is 1. The Balaban J connectivity index is 1.15. The quantitative estimate of drug-likeness (QED) is 0.109. The second kappa shape index (κ2) is 16.1. The summed E-state index contributed by atoms with van der Waals surface area (Å²) in [6.45, 7) is 4.20. The van der Waals surface area contributed by atoms with E-state index in [0.29, 0.717) is 49.2 Å². The maximum absolute atomic E-state index is 14.2. The number of fused-ring (bicyclic) bond motifs is 4. The number of nitrogens with zero attached hydrogens (tertiary/aromatic N) is 1. The van der Waals surface area contributed by atoms with Gasteiger partial charge in [0.2, 0.25) is 11.8 Å². The second-order valence-electron chi connectivity index (χ2n) is 15.1. The lowest BCUT2D eigenvalue weighted by Gasteiger charge is -2.31. The number of aromatic nitrogens is 1. The number of aryl methyl sites for hydroxylation is 2. The molecule has 2 amide bonds. The van der Waals surface area contributed by atoms with Crippen LogP contribution in [0.3, 0.4) is 0 Å². The second-order valence-corrected chi connectivity index (χ2v) is 15.7. The first-order valence-electron chi connectivity index (χ1n) is 19.1. The minimum absolute atomic E-state index is 0.0200. The van der Waals surface area contributed by atoms with Gasteiger partial charge in [0.15, 0.2) is 5.78 Å². The van der Waals surface area contributed by atoms with Gasteiger partial charge in [0.1, 0.15) is 19.1 Å². The number of amides is 2. The standard InChI is InChI=1S/C43H50N3O6P/c1-4-27(21-47)29-18-30-31(42(49)33(29)22-51-3)19-32-40-34(16-15-28-24(2)37(53)20-35(39(28)40)45-41(30)32)46-43(50)36(17-26-13-14-26)52-23-44-38(48)12-8-11-25-9-6-5-7-10-25/h5-7,9-10,18,20-21,26-27,31,34,36H,4,8,11-17,19,22-23,53H2,1-3H3,(H,44,48)(H,46,50). The van der Waals surface area contributed by atoms with Gasteiger partial charge in [0.25, 0.3) is 0 Å². The number of rotatable bonds is 16. The molecule has 0 radical (unpaired) electrons. The van der Waals surface area contributed by atoms with Crippen molar-refractivity contribution < 1.29 is 28.7 Å². The van der Waals surface area contributed by atoms with Crippen LogP contribution in [0.15, 0.2) is 53.6 Å². The van der Waals surface area contributed by atoms with Crippen LogP contribution in [0, 0.1) is 24.7 Å². The van der Waals surface area contributed by atoms with Crippen LogP contribution in [0.1, 0.15) is 91.4 Å². The minimum Gasteiger partial charge on any atom is -0.380 e. The van der Waals surface area contributed by atoms with E-state index in [0.717, 1.165) is 77.0 Å². The van der Waals surface area contributed by atoms with Gasteiger partial charge >= 0.3 is 0 Å². The van der Waals surface area contributed by atoms with Crippen LogP contribution >= 0.6 is 9.24 Å². The molecule has 4 aliphatic carbocycles. The molecule has 278 valence electrons. The Morgan fingerprint density at radius 3 is 2.64 bits per heavy atom. The number of ketones is 1. The van der Waals surface area contributed by atoms with E-state index in [1.165, 1.54) is 16.7 Å². The molecule has 4 aliphatic rings. The van der Waals surface area contributed by atoms with Crippen LogP contribution in [0.4, 0.5) is 0 Å². The summed E-state index contributed by atoms with van der Waals surface area (Å²) >= 11 is 0. The van der Waals surface area contributed by atoms with Gasteiger partial charge in [-0.3, -0.25) is 14.4 Å². The fourth-order valence-corrected chi connectivity index (χ4v) is 8.84. The highest BCUT2D eigenvalue weighted by Crippen LogP contribution is 2.49. The molecule has 53 heavy (non-hydrogen) atoms. The maximum atomic E-state index is 14.2. The molecule has 0 spiro atoms. The molecule has 1 heterocycles. The normalized spacial score (nSPS) is 20.1. The summed E-state index contributed by atoms with van der Waals surface area (Å²) in [6, 6.07) is 11.9. The third-order valence-corrected chi connectivity index (χ3v) is 12.2. The van der Waals surface area contributed by atoms with Crippen molar-refractivity contribution >= 4 is 54.9 Å². The Morgan fingerprint density at radius 1 is 1.13 bits per heavy atom. The number of aldehydes is 1.